The minimum absolute atomic E-state index is 0.309. The molecular weight excluding hydrogens is 248 g/mol. The van der Waals surface area contributed by atoms with Crippen molar-refractivity contribution < 1.29 is 5.11 Å². The maximum atomic E-state index is 9.34. The largest absolute Gasteiger partial charge is 0.508 e. The monoisotopic (exact) mass is 270 g/mol. The second kappa shape index (κ2) is 6.44. The van der Waals surface area contributed by atoms with E-state index in [1.165, 1.54) is 11.1 Å². The van der Waals surface area contributed by atoms with E-state index in [4.69, 9.17) is 5.73 Å². The minimum Gasteiger partial charge on any atom is -0.508 e. The van der Waals surface area contributed by atoms with Crippen LogP contribution in [-0.2, 0) is 13.1 Å². The quantitative estimate of drug-likeness (QED) is 0.819. The maximum absolute atomic E-state index is 9.34. The molecule has 106 valence electrons. The molecule has 3 nitrogen and oxygen atoms in total. The van der Waals surface area contributed by atoms with E-state index in [2.05, 4.69) is 30.9 Å². The highest BCUT2D eigenvalue weighted by Crippen LogP contribution is 2.16. The molecule has 2 aromatic carbocycles. The number of hydrogen-bond acceptors (Lipinski definition) is 3. The third kappa shape index (κ3) is 4.00. The lowest BCUT2D eigenvalue weighted by Crippen LogP contribution is -2.29. The SMILES string of the molecule is CC(C)N(Cc1ccc(N)cc1)Cc1ccc(O)cc1. The van der Waals surface area contributed by atoms with Crippen LogP contribution in [-0.4, -0.2) is 16.0 Å². The van der Waals surface area contributed by atoms with E-state index in [-0.39, 0.29) is 0 Å². The van der Waals surface area contributed by atoms with Gasteiger partial charge in [0.1, 0.15) is 5.75 Å². The molecule has 0 saturated carbocycles. The van der Waals surface area contributed by atoms with Crippen LogP contribution in [0.5, 0.6) is 5.75 Å². The molecule has 0 amide bonds. The molecule has 20 heavy (non-hydrogen) atoms. The molecule has 0 aliphatic carbocycles. The normalized spacial score (nSPS) is 11.2. The fraction of sp³-hybridized carbons (Fsp3) is 0.294. The molecule has 0 unspecified atom stereocenters. The summed E-state index contributed by atoms with van der Waals surface area (Å²) in [6.45, 7) is 6.14. The van der Waals surface area contributed by atoms with Gasteiger partial charge in [-0.25, -0.2) is 0 Å². The Kier molecular flexibility index (Phi) is 4.64. The number of anilines is 1. The maximum Gasteiger partial charge on any atom is 0.115 e. The Morgan fingerprint density at radius 2 is 1.35 bits per heavy atom. The van der Waals surface area contributed by atoms with E-state index in [0.29, 0.717) is 11.8 Å². The average molecular weight is 270 g/mol. The molecule has 0 aliphatic heterocycles. The third-order valence-corrected chi connectivity index (χ3v) is 3.42. The van der Waals surface area contributed by atoms with Crippen molar-refractivity contribution >= 4 is 5.69 Å². The van der Waals surface area contributed by atoms with Crippen LogP contribution in [0.1, 0.15) is 25.0 Å². The van der Waals surface area contributed by atoms with Crippen LogP contribution in [0.25, 0.3) is 0 Å². The lowest BCUT2D eigenvalue weighted by atomic mass is 10.1. The fourth-order valence-corrected chi connectivity index (χ4v) is 2.11. The summed E-state index contributed by atoms with van der Waals surface area (Å²) in [5.74, 6) is 0.309. The summed E-state index contributed by atoms with van der Waals surface area (Å²) in [5, 5.41) is 9.34. The van der Waals surface area contributed by atoms with Gasteiger partial charge in [-0.1, -0.05) is 24.3 Å². The van der Waals surface area contributed by atoms with Crippen LogP contribution < -0.4 is 5.73 Å². The zero-order valence-electron chi connectivity index (χ0n) is 12.1. The summed E-state index contributed by atoms with van der Waals surface area (Å²) in [6.07, 6.45) is 0. The highest BCUT2D eigenvalue weighted by Gasteiger charge is 2.11. The Labute approximate surface area is 120 Å². The van der Waals surface area contributed by atoms with Crippen LogP contribution in [0.3, 0.4) is 0 Å². The van der Waals surface area contributed by atoms with E-state index >= 15 is 0 Å². The first-order valence-corrected chi connectivity index (χ1v) is 6.91. The Balaban J connectivity index is 2.07. The molecule has 2 aromatic rings. The lowest BCUT2D eigenvalue weighted by molar-refractivity contribution is 0.203. The van der Waals surface area contributed by atoms with Gasteiger partial charge in [-0.2, -0.15) is 0 Å². The van der Waals surface area contributed by atoms with Gasteiger partial charge < -0.3 is 10.8 Å². The number of nitrogens with zero attached hydrogens (tertiary/aromatic N) is 1. The fourth-order valence-electron chi connectivity index (χ4n) is 2.11. The molecule has 3 N–H and O–H groups in total. The summed E-state index contributed by atoms with van der Waals surface area (Å²) in [7, 11) is 0. The van der Waals surface area contributed by atoms with E-state index in [9.17, 15) is 5.11 Å². The Morgan fingerprint density at radius 3 is 1.80 bits per heavy atom. The van der Waals surface area contributed by atoms with Crippen LogP contribution in [0, 0.1) is 0 Å². The standard InChI is InChI=1S/C17H22N2O/c1-13(2)19(11-14-3-7-16(18)8-4-14)12-15-5-9-17(20)10-6-15/h3-10,13,20H,11-12,18H2,1-2H3. The number of benzene rings is 2. The van der Waals surface area contributed by atoms with E-state index in [0.717, 1.165) is 18.8 Å². The van der Waals surface area contributed by atoms with Gasteiger partial charge in [0.15, 0.2) is 0 Å². The van der Waals surface area contributed by atoms with Crippen LogP contribution in [0.15, 0.2) is 48.5 Å². The highest BCUT2D eigenvalue weighted by molar-refractivity contribution is 5.39. The predicted octanol–water partition coefficient (Wildman–Crippen LogP) is 3.39. The number of rotatable bonds is 5. The molecule has 0 spiro atoms. The highest BCUT2D eigenvalue weighted by atomic mass is 16.3. The van der Waals surface area contributed by atoms with Crippen LogP contribution >= 0.6 is 0 Å². The first-order valence-electron chi connectivity index (χ1n) is 6.91. The summed E-state index contributed by atoms with van der Waals surface area (Å²) in [5.41, 5.74) is 8.97. The van der Waals surface area contributed by atoms with Crippen molar-refractivity contribution in [2.45, 2.75) is 33.0 Å². The Morgan fingerprint density at radius 1 is 0.900 bits per heavy atom. The average Bonchev–Trinajstić information content (AvgIpc) is 2.42. The molecule has 0 aliphatic rings. The summed E-state index contributed by atoms with van der Waals surface area (Å²) in [6, 6.07) is 15.9. The molecule has 0 radical (unpaired) electrons. The molecule has 0 atom stereocenters. The predicted molar refractivity (Wildman–Crippen MR) is 83.3 cm³/mol. The van der Waals surface area contributed by atoms with Gasteiger partial charge in [-0.05, 0) is 49.2 Å². The van der Waals surface area contributed by atoms with Gasteiger partial charge in [0.05, 0.1) is 0 Å². The summed E-state index contributed by atoms with van der Waals surface area (Å²) in [4.78, 5) is 2.39. The van der Waals surface area contributed by atoms with Gasteiger partial charge in [-0.3, -0.25) is 4.90 Å². The van der Waals surface area contributed by atoms with Gasteiger partial charge >= 0.3 is 0 Å². The van der Waals surface area contributed by atoms with Gasteiger partial charge in [0.25, 0.3) is 0 Å². The van der Waals surface area contributed by atoms with E-state index in [1.54, 1.807) is 12.1 Å². The molecule has 0 saturated heterocycles. The lowest BCUT2D eigenvalue weighted by Gasteiger charge is -2.26. The van der Waals surface area contributed by atoms with Crippen molar-refractivity contribution in [2.75, 3.05) is 5.73 Å². The number of phenols is 1. The molecule has 2 rings (SSSR count). The molecule has 0 bridgehead atoms. The van der Waals surface area contributed by atoms with Crippen molar-refractivity contribution in [2.24, 2.45) is 0 Å². The molecule has 0 heterocycles. The van der Waals surface area contributed by atoms with E-state index < -0.39 is 0 Å². The second-order valence-corrected chi connectivity index (χ2v) is 5.41. The Hall–Kier alpha value is -2.00. The van der Waals surface area contributed by atoms with Crippen LogP contribution in [0.4, 0.5) is 5.69 Å². The molecule has 3 heteroatoms. The van der Waals surface area contributed by atoms with E-state index in [1.807, 2.05) is 24.3 Å². The first kappa shape index (κ1) is 14.4. The molecule has 0 fully saturated rings. The zero-order valence-corrected chi connectivity index (χ0v) is 12.1. The minimum atomic E-state index is 0.309. The topological polar surface area (TPSA) is 49.5 Å². The molecule has 0 aromatic heterocycles. The number of aromatic hydroxyl groups is 1. The van der Waals surface area contributed by atoms with Gasteiger partial charge in [0, 0.05) is 24.8 Å². The van der Waals surface area contributed by atoms with Crippen molar-refractivity contribution in [3.05, 3.63) is 59.7 Å². The van der Waals surface area contributed by atoms with Crippen molar-refractivity contribution in [1.82, 2.24) is 4.90 Å². The van der Waals surface area contributed by atoms with Crippen molar-refractivity contribution in [3.8, 4) is 5.75 Å². The molecular formula is C17H22N2O. The summed E-state index contributed by atoms with van der Waals surface area (Å²) < 4.78 is 0. The third-order valence-electron chi connectivity index (χ3n) is 3.42. The van der Waals surface area contributed by atoms with Crippen LogP contribution in [0.2, 0.25) is 0 Å². The van der Waals surface area contributed by atoms with Crippen molar-refractivity contribution in [3.63, 3.8) is 0 Å². The summed E-state index contributed by atoms with van der Waals surface area (Å²) >= 11 is 0. The smallest absolute Gasteiger partial charge is 0.115 e. The van der Waals surface area contributed by atoms with Crippen molar-refractivity contribution in [1.29, 1.82) is 0 Å². The number of nitrogens with two attached hydrogens (primary N) is 1. The number of hydrogen-bond donors (Lipinski definition) is 2. The zero-order chi connectivity index (χ0) is 14.5. The Bertz CT molecular complexity index is 484. The second-order valence-electron chi connectivity index (χ2n) is 5.41. The first-order chi connectivity index (χ1) is 9.54. The van der Waals surface area contributed by atoms with Gasteiger partial charge in [0.2, 0.25) is 0 Å². The number of nitrogen functional groups attached to an aromatic ring is 1. The number of phenolic OH excluding ortho intramolecular Hbond substituents is 1. The van der Waals surface area contributed by atoms with Gasteiger partial charge in [-0.15, -0.1) is 0 Å².